The first-order chi connectivity index (χ1) is 14.9. The number of rotatable bonds is 4. The van der Waals surface area contributed by atoms with E-state index < -0.39 is 0 Å². The third-order valence-corrected chi connectivity index (χ3v) is 7.03. The summed E-state index contributed by atoms with van der Waals surface area (Å²) in [6, 6.07) is 16.4. The van der Waals surface area contributed by atoms with Crippen LogP contribution in [0.5, 0.6) is 0 Å². The number of carbonyl (C=O) groups excluding carboxylic acids is 1. The van der Waals surface area contributed by atoms with Gasteiger partial charge < -0.3 is 9.80 Å². The molecule has 1 saturated heterocycles. The molecule has 4 heteroatoms. The Balaban J connectivity index is 1.30. The van der Waals surface area contributed by atoms with E-state index in [0.29, 0.717) is 5.41 Å². The van der Waals surface area contributed by atoms with Crippen LogP contribution in [0.3, 0.4) is 0 Å². The third-order valence-electron chi connectivity index (χ3n) is 7.03. The molecule has 158 valence electrons. The van der Waals surface area contributed by atoms with Gasteiger partial charge in [-0.25, -0.2) is 0 Å². The lowest BCUT2D eigenvalue weighted by molar-refractivity contribution is 0.0659. The molecular weight excluding hydrogens is 382 g/mol. The highest BCUT2D eigenvalue weighted by molar-refractivity contribution is 5.96. The van der Waals surface area contributed by atoms with Crippen LogP contribution < -0.4 is 0 Å². The molecule has 4 nitrogen and oxygen atoms in total. The molecule has 3 aromatic rings. The van der Waals surface area contributed by atoms with Crippen molar-refractivity contribution in [1.29, 1.82) is 0 Å². The second kappa shape index (κ2) is 7.52. The van der Waals surface area contributed by atoms with Crippen molar-refractivity contribution in [2.75, 3.05) is 26.2 Å². The molecule has 1 aromatic heterocycles. The number of amides is 1. The highest BCUT2D eigenvalue weighted by Gasteiger charge is 2.42. The monoisotopic (exact) mass is 411 g/mol. The molecule has 2 aliphatic rings. The Morgan fingerprint density at radius 3 is 2.39 bits per heavy atom. The van der Waals surface area contributed by atoms with Crippen LogP contribution in [0, 0.1) is 12.3 Å². The molecule has 1 aliphatic carbocycles. The number of aryl methyl sites for hydroxylation is 1. The van der Waals surface area contributed by atoms with Gasteiger partial charge in [0, 0.05) is 60.0 Å². The average Bonchev–Trinajstić information content (AvgIpc) is 3.56. The van der Waals surface area contributed by atoms with Crippen LogP contribution in [0.1, 0.15) is 35.7 Å². The van der Waals surface area contributed by atoms with E-state index in [1.165, 1.54) is 18.5 Å². The Bertz CT molecular complexity index is 1170. The molecule has 2 aromatic carbocycles. The van der Waals surface area contributed by atoms with E-state index in [4.69, 9.17) is 0 Å². The lowest BCUT2D eigenvalue weighted by Gasteiger charge is -2.39. The van der Waals surface area contributed by atoms with Gasteiger partial charge in [0.2, 0.25) is 0 Å². The van der Waals surface area contributed by atoms with Crippen molar-refractivity contribution in [3.8, 4) is 11.1 Å². The number of nitrogens with zero attached hydrogens (tertiary/aromatic N) is 3. The minimum atomic E-state index is 0.128. The highest BCUT2D eigenvalue weighted by atomic mass is 16.2. The minimum absolute atomic E-state index is 0.128. The van der Waals surface area contributed by atoms with Crippen molar-refractivity contribution in [1.82, 2.24) is 14.8 Å². The Morgan fingerprint density at radius 1 is 0.968 bits per heavy atom. The van der Waals surface area contributed by atoms with Gasteiger partial charge in [-0.1, -0.05) is 43.8 Å². The van der Waals surface area contributed by atoms with Gasteiger partial charge in [-0.2, -0.15) is 0 Å². The van der Waals surface area contributed by atoms with E-state index in [1.54, 1.807) is 0 Å². The summed E-state index contributed by atoms with van der Waals surface area (Å²) in [5, 5.41) is 1.12. The Labute approximate surface area is 184 Å². The number of fused-ring (bicyclic) bond motifs is 1. The van der Waals surface area contributed by atoms with Gasteiger partial charge >= 0.3 is 0 Å². The summed E-state index contributed by atoms with van der Waals surface area (Å²) in [7, 11) is 0. The fourth-order valence-corrected chi connectivity index (χ4v) is 4.52. The van der Waals surface area contributed by atoms with Crippen LogP contribution in [-0.2, 0) is 0 Å². The number of piperazine rings is 1. The standard InChI is InChI=1S/C27H29N3O/c1-19-16-21(23-17-22-6-4-5-7-25(22)28-18-23)8-9-24(19)26(31)30-14-12-29(13-15-30)20(2)27(3)10-11-27/h4-9,16-18H,2,10-15H2,1,3H3. The predicted molar refractivity (Wildman–Crippen MR) is 126 cm³/mol. The molecule has 31 heavy (non-hydrogen) atoms. The molecule has 0 unspecified atom stereocenters. The van der Waals surface area contributed by atoms with Crippen LogP contribution >= 0.6 is 0 Å². The smallest absolute Gasteiger partial charge is 0.254 e. The second-order valence-electron chi connectivity index (χ2n) is 9.23. The second-order valence-corrected chi connectivity index (χ2v) is 9.23. The zero-order chi connectivity index (χ0) is 21.6. The van der Waals surface area contributed by atoms with Gasteiger partial charge in [0.25, 0.3) is 5.91 Å². The van der Waals surface area contributed by atoms with E-state index in [-0.39, 0.29) is 5.91 Å². The van der Waals surface area contributed by atoms with Gasteiger partial charge in [0.15, 0.2) is 0 Å². The third kappa shape index (κ3) is 3.71. The quantitative estimate of drug-likeness (QED) is 0.586. The summed E-state index contributed by atoms with van der Waals surface area (Å²) >= 11 is 0. The molecule has 2 fully saturated rings. The number of para-hydroxylation sites is 1. The largest absolute Gasteiger partial charge is 0.371 e. The Hall–Kier alpha value is -3.14. The molecule has 5 rings (SSSR count). The summed E-state index contributed by atoms with van der Waals surface area (Å²) < 4.78 is 0. The average molecular weight is 412 g/mol. The summed E-state index contributed by atoms with van der Waals surface area (Å²) in [4.78, 5) is 22.1. The van der Waals surface area contributed by atoms with E-state index in [9.17, 15) is 4.79 Å². The van der Waals surface area contributed by atoms with Crippen LogP contribution in [0.2, 0.25) is 0 Å². The van der Waals surface area contributed by atoms with Crippen LogP contribution in [0.4, 0.5) is 0 Å². The Morgan fingerprint density at radius 2 is 1.68 bits per heavy atom. The highest BCUT2D eigenvalue weighted by Crippen LogP contribution is 2.51. The predicted octanol–water partition coefficient (Wildman–Crippen LogP) is 5.28. The normalized spacial score (nSPS) is 17.6. The molecule has 1 amide bonds. The first-order valence-corrected chi connectivity index (χ1v) is 11.1. The van der Waals surface area contributed by atoms with Crippen molar-refractivity contribution in [3.05, 3.63) is 78.1 Å². The van der Waals surface area contributed by atoms with Gasteiger partial charge in [-0.15, -0.1) is 0 Å². The molecule has 0 spiro atoms. The van der Waals surface area contributed by atoms with E-state index in [1.807, 2.05) is 48.4 Å². The van der Waals surface area contributed by atoms with Crippen molar-refractivity contribution in [2.24, 2.45) is 5.41 Å². The topological polar surface area (TPSA) is 36.4 Å². The van der Waals surface area contributed by atoms with Gasteiger partial charge in [-0.05, 0) is 49.1 Å². The fraction of sp³-hybridized carbons (Fsp3) is 0.333. The van der Waals surface area contributed by atoms with Crippen molar-refractivity contribution in [3.63, 3.8) is 0 Å². The van der Waals surface area contributed by atoms with Crippen LogP contribution in [0.25, 0.3) is 22.0 Å². The molecule has 0 bridgehead atoms. The molecule has 1 saturated carbocycles. The number of allylic oxidation sites excluding steroid dienone is 1. The number of hydrogen-bond donors (Lipinski definition) is 0. The first kappa shape index (κ1) is 19.8. The van der Waals surface area contributed by atoms with E-state index in [2.05, 4.69) is 41.6 Å². The molecule has 2 heterocycles. The maximum absolute atomic E-state index is 13.2. The fourth-order valence-electron chi connectivity index (χ4n) is 4.52. The lowest BCUT2D eigenvalue weighted by Crippen LogP contribution is -2.49. The van der Waals surface area contributed by atoms with Crippen molar-refractivity contribution >= 4 is 16.8 Å². The zero-order valence-corrected chi connectivity index (χ0v) is 18.4. The maximum Gasteiger partial charge on any atom is 0.254 e. The number of carbonyl (C=O) groups is 1. The molecule has 0 radical (unpaired) electrons. The summed E-state index contributed by atoms with van der Waals surface area (Å²) in [6.07, 6.45) is 4.39. The Kier molecular flexibility index (Phi) is 4.81. The number of hydrogen-bond acceptors (Lipinski definition) is 3. The molecular formula is C27H29N3O. The van der Waals surface area contributed by atoms with Gasteiger partial charge in [0.1, 0.15) is 0 Å². The number of benzene rings is 2. The molecule has 0 atom stereocenters. The maximum atomic E-state index is 13.2. The number of aromatic nitrogens is 1. The van der Waals surface area contributed by atoms with E-state index in [0.717, 1.165) is 59.3 Å². The van der Waals surface area contributed by atoms with Crippen LogP contribution in [0.15, 0.2) is 67.0 Å². The first-order valence-electron chi connectivity index (χ1n) is 11.1. The lowest BCUT2D eigenvalue weighted by atomic mass is 9.99. The summed E-state index contributed by atoms with van der Waals surface area (Å²) in [5.41, 5.74) is 6.51. The van der Waals surface area contributed by atoms with Crippen LogP contribution in [-0.4, -0.2) is 46.9 Å². The molecule has 0 N–H and O–H groups in total. The van der Waals surface area contributed by atoms with Crippen molar-refractivity contribution < 1.29 is 4.79 Å². The van der Waals surface area contributed by atoms with E-state index >= 15 is 0 Å². The number of pyridine rings is 1. The zero-order valence-electron chi connectivity index (χ0n) is 18.4. The summed E-state index contributed by atoms with van der Waals surface area (Å²) in [6.45, 7) is 11.9. The van der Waals surface area contributed by atoms with Gasteiger partial charge in [0.05, 0.1) is 5.52 Å². The summed E-state index contributed by atoms with van der Waals surface area (Å²) in [5.74, 6) is 0.128. The SMILES string of the molecule is C=C(N1CCN(C(=O)c2ccc(-c3cnc4ccccc4c3)cc2C)CC1)C1(C)CC1. The minimum Gasteiger partial charge on any atom is -0.371 e. The van der Waals surface area contributed by atoms with Gasteiger partial charge in [-0.3, -0.25) is 9.78 Å². The molecule has 1 aliphatic heterocycles. The van der Waals surface area contributed by atoms with Crippen molar-refractivity contribution in [2.45, 2.75) is 26.7 Å².